The maximum atomic E-state index is 3.73. The van der Waals surface area contributed by atoms with Crippen molar-refractivity contribution in [2.45, 2.75) is 64.2 Å². The van der Waals surface area contributed by atoms with Crippen molar-refractivity contribution in [3.05, 3.63) is 34.9 Å². The van der Waals surface area contributed by atoms with E-state index in [0.29, 0.717) is 0 Å². The number of rotatable bonds is 3. The zero-order valence-corrected chi connectivity index (χ0v) is 12.4. The highest BCUT2D eigenvalue weighted by Crippen LogP contribution is 2.30. The molecule has 2 aliphatic rings. The Balaban J connectivity index is 1.68. The van der Waals surface area contributed by atoms with Crippen molar-refractivity contribution in [3.63, 3.8) is 0 Å². The van der Waals surface area contributed by atoms with E-state index in [4.69, 9.17) is 0 Å². The fraction of sp³-hybridized carbons (Fsp3) is 0.647. The fourth-order valence-electron chi connectivity index (χ4n) is 3.77. The number of benzene rings is 1. The van der Waals surface area contributed by atoms with Gasteiger partial charge in [-0.1, -0.05) is 18.2 Å². The summed E-state index contributed by atoms with van der Waals surface area (Å²) >= 11 is 0. The fourth-order valence-corrected chi connectivity index (χ4v) is 3.77. The van der Waals surface area contributed by atoms with Crippen LogP contribution >= 0.6 is 0 Å². The number of fused-ring (bicyclic) bond motifs is 2. The molecule has 2 aliphatic heterocycles. The number of piperidine rings is 1. The van der Waals surface area contributed by atoms with Crippen molar-refractivity contribution in [2.24, 2.45) is 0 Å². The Morgan fingerprint density at radius 2 is 1.84 bits per heavy atom. The van der Waals surface area contributed by atoms with Crippen molar-refractivity contribution in [2.75, 3.05) is 7.05 Å². The molecule has 2 atom stereocenters. The van der Waals surface area contributed by atoms with E-state index in [2.05, 4.69) is 49.3 Å². The molecule has 0 amide bonds. The summed E-state index contributed by atoms with van der Waals surface area (Å²) in [6.07, 6.45) is 5.44. The minimum Gasteiger partial charge on any atom is -0.311 e. The van der Waals surface area contributed by atoms with E-state index >= 15 is 0 Å². The normalized spacial score (nSPS) is 30.0. The lowest BCUT2D eigenvalue weighted by Crippen LogP contribution is -2.46. The van der Waals surface area contributed by atoms with Gasteiger partial charge < -0.3 is 5.32 Å². The standard InChI is InChI=1S/C17H26N2/c1-12-5-4-6-14(13(12)2)11-19(3)17-9-15-7-8-16(10-17)18-15/h4-6,15-18H,7-11H2,1-3H3. The van der Waals surface area contributed by atoms with E-state index in [-0.39, 0.29) is 0 Å². The van der Waals surface area contributed by atoms with Crippen LogP contribution < -0.4 is 5.32 Å². The van der Waals surface area contributed by atoms with Gasteiger partial charge in [-0.3, -0.25) is 4.90 Å². The van der Waals surface area contributed by atoms with Crippen LogP contribution in [-0.4, -0.2) is 30.1 Å². The van der Waals surface area contributed by atoms with Crippen LogP contribution in [0.4, 0.5) is 0 Å². The molecule has 0 spiro atoms. The summed E-state index contributed by atoms with van der Waals surface area (Å²) in [7, 11) is 2.30. The van der Waals surface area contributed by atoms with E-state index in [1.807, 2.05) is 0 Å². The third-order valence-electron chi connectivity index (χ3n) is 5.21. The Morgan fingerprint density at radius 1 is 1.16 bits per heavy atom. The Kier molecular flexibility index (Phi) is 3.64. The first-order valence-corrected chi connectivity index (χ1v) is 7.65. The predicted molar refractivity (Wildman–Crippen MR) is 80.4 cm³/mol. The molecule has 2 heteroatoms. The quantitative estimate of drug-likeness (QED) is 0.896. The average molecular weight is 258 g/mol. The lowest BCUT2D eigenvalue weighted by Gasteiger charge is -2.36. The van der Waals surface area contributed by atoms with Crippen LogP contribution in [0.2, 0.25) is 0 Å². The number of nitrogens with one attached hydrogen (secondary N) is 1. The molecular weight excluding hydrogens is 232 g/mol. The lowest BCUT2D eigenvalue weighted by atomic mass is 9.97. The van der Waals surface area contributed by atoms with Crippen LogP contribution in [0, 0.1) is 13.8 Å². The molecule has 0 saturated carbocycles. The molecule has 2 fully saturated rings. The molecule has 1 aromatic rings. The summed E-state index contributed by atoms with van der Waals surface area (Å²) in [6, 6.07) is 9.02. The van der Waals surface area contributed by atoms with Crippen LogP contribution in [0.5, 0.6) is 0 Å². The summed E-state index contributed by atoms with van der Waals surface area (Å²) in [5.74, 6) is 0. The van der Waals surface area contributed by atoms with Crippen molar-refractivity contribution >= 4 is 0 Å². The van der Waals surface area contributed by atoms with Crippen LogP contribution in [0.25, 0.3) is 0 Å². The lowest BCUT2D eigenvalue weighted by molar-refractivity contribution is 0.165. The molecule has 3 rings (SSSR count). The van der Waals surface area contributed by atoms with Crippen molar-refractivity contribution in [1.29, 1.82) is 0 Å². The van der Waals surface area contributed by atoms with E-state index in [1.165, 1.54) is 42.4 Å². The van der Waals surface area contributed by atoms with Gasteiger partial charge in [0.2, 0.25) is 0 Å². The van der Waals surface area contributed by atoms with Gasteiger partial charge >= 0.3 is 0 Å². The maximum Gasteiger partial charge on any atom is 0.0236 e. The van der Waals surface area contributed by atoms with Gasteiger partial charge in [0, 0.05) is 24.7 Å². The molecule has 2 saturated heterocycles. The molecule has 104 valence electrons. The van der Waals surface area contributed by atoms with Gasteiger partial charge in [0.15, 0.2) is 0 Å². The maximum absolute atomic E-state index is 3.73. The van der Waals surface area contributed by atoms with Crippen LogP contribution in [0.15, 0.2) is 18.2 Å². The Labute approximate surface area is 117 Å². The molecule has 2 unspecified atom stereocenters. The van der Waals surface area contributed by atoms with Crippen molar-refractivity contribution < 1.29 is 0 Å². The van der Waals surface area contributed by atoms with Crippen molar-refractivity contribution in [1.82, 2.24) is 10.2 Å². The molecule has 1 aromatic carbocycles. The molecule has 0 radical (unpaired) electrons. The summed E-state index contributed by atoms with van der Waals surface area (Å²) < 4.78 is 0. The van der Waals surface area contributed by atoms with Gasteiger partial charge in [-0.25, -0.2) is 0 Å². The van der Waals surface area contributed by atoms with Crippen LogP contribution in [0.3, 0.4) is 0 Å². The van der Waals surface area contributed by atoms with Gasteiger partial charge in [-0.15, -0.1) is 0 Å². The minimum atomic E-state index is 0.763. The Bertz CT molecular complexity index is 443. The number of aryl methyl sites for hydroxylation is 1. The number of hydrogen-bond donors (Lipinski definition) is 1. The average Bonchev–Trinajstić information content (AvgIpc) is 2.73. The molecule has 0 aliphatic carbocycles. The summed E-state index contributed by atoms with van der Waals surface area (Å²) in [5.41, 5.74) is 4.37. The third-order valence-corrected chi connectivity index (χ3v) is 5.21. The first kappa shape index (κ1) is 13.1. The highest BCUT2D eigenvalue weighted by atomic mass is 15.2. The second kappa shape index (κ2) is 5.26. The molecule has 1 N–H and O–H groups in total. The largest absolute Gasteiger partial charge is 0.311 e. The molecule has 0 aromatic heterocycles. The van der Waals surface area contributed by atoms with E-state index in [1.54, 1.807) is 0 Å². The first-order chi connectivity index (χ1) is 9.13. The topological polar surface area (TPSA) is 15.3 Å². The van der Waals surface area contributed by atoms with E-state index in [9.17, 15) is 0 Å². The summed E-state index contributed by atoms with van der Waals surface area (Å²) in [6.45, 7) is 5.56. The number of nitrogens with zero attached hydrogens (tertiary/aromatic N) is 1. The Hall–Kier alpha value is -0.860. The van der Waals surface area contributed by atoms with Gasteiger partial charge in [0.25, 0.3) is 0 Å². The molecular formula is C17H26N2. The van der Waals surface area contributed by atoms with Gasteiger partial charge in [0.05, 0.1) is 0 Å². The molecule has 19 heavy (non-hydrogen) atoms. The highest BCUT2D eigenvalue weighted by Gasteiger charge is 2.34. The van der Waals surface area contributed by atoms with Gasteiger partial charge in [-0.2, -0.15) is 0 Å². The van der Waals surface area contributed by atoms with E-state index in [0.717, 1.165) is 24.7 Å². The molecule has 2 heterocycles. The zero-order valence-electron chi connectivity index (χ0n) is 12.4. The Morgan fingerprint density at radius 3 is 2.53 bits per heavy atom. The first-order valence-electron chi connectivity index (χ1n) is 7.65. The number of hydrogen-bond acceptors (Lipinski definition) is 2. The smallest absolute Gasteiger partial charge is 0.0236 e. The van der Waals surface area contributed by atoms with Crippen molar-refractivity contribution in [3.8, 4) is 0 Å². The SMILES string of the molecule is Cc1cccc(CN(C)C2CC3CCC(C2)N3)c1C. The summed E-state index contributed by atoms with van der Waals surface area (Å²) in [4.78, 5) is 2.58. The summed E-state index contributed by atoms with van der Waals surface area (Å²) in [5, 5.41) is 3.73. The molecule has 2 nitrogen and oxygen atoms in total. The predicted octanol–water partition coefficient (Wildman–Crippen LogP) is 3.02. The van der Waals surface area contributed by atoms with Crippen LogP contribution in [-0.2, 0) is 6.54 Å². The van der Waals surface area contributed by atoms with Crippen LogP contribution in [0.1, 0.15) is 42.4 Å². The minimum absolute atomic E-state index is 0.763. The third kappa shape index (κ3) is 2.70. The zero-order chi connectivity index (χ0) is 13.4. The molecule has 2 bridgehead atoms. The second-order valence-electron chi connectivity index (χ2n) is 6.54. The second-order valence-corrected chi connectivity index (χ2v) is 6.54. The monoisotopic (exact) mass is 258 g/mol. The highest BCUT2D eigenvalue weighted by molar-refractivity contribution is 5.33. The van der Waals surface area contributed by atoms with Gasteiger partial charge in [-0.05, 0) is 63.3 Å². The van der Waals surface area contributed by atoms with Gasteiger partial charge in [0.1, 0.15) is 0 Å². The van der Waals surface area contributed by atoms with E-state index < -0.39 is 0 Å².